The Balaban J connectivity index is 1.12. The molecule has 6 rings (SSSR count). The number of hydrogen-bond acceptors (Lipinski definition) is 5. The molecule has 1 saturated heterocycles. The molecule has 0 unspecified atom stereocenters. The molecule has 210 valence electrons. The third-order valence-corrected chi connectivity index (χ3v) is 8.34. The number of hydrogen-bond donors (Lipinski definition) is 1. The van der Waals surface area contributed by atoms with Gasteiger partial charge in [0.05, 0.1) is 17.6 Å². The molecule has 1 fully saturated rings. The molecule has 0 saturated carbocycles. The van der Waals surface area contributed by atoms with Gasteiger partial charge in [0.25, 0.3) is 5.91 Å². The Kier molecular flexibility index (Phi) is 7.76. The molecule has 2 aromatic heterocycles. The number of carbonyl (C=O) groups excluding carboxylic acids is 1. The molecular formula is C31H29F2N5O2S. The van der Waals surface area contributed by atoms with Gasteiger partial charge in [-0.05, 0) is 60.4 Å². The number of H-pyrrole nitrogens is 1. The van der Waals surface area contributed by atoms with Crippen molar-refractivity contribution >= 4 is 28.3 Å². The fraction of sp³-hybridized carbons (Fsp3) is 0.258. The van der Waals surface area contributed by atoms with Crippen LogP contribution in [0.5, 0.6) is 0 Å². The number of rotatable bonds is 8. The minimum atomic E-state index is -0.292. The lowest BCUT2D eigenvalue weighted by atomic mass is 10.0. The molecule has 0 aliphatic carbocycles. The van der Waals surface area contributed by atoms with Gasteiger partial charge in [0, 0.05) is 37.6 Å². The van der Waals surface area contributed by atoms with E-state index in [1.165, 1.54) is 35.6 Å². The zero-order valence-corrected chi connectivity index (χ0v) is 23.1. The highest BCUT2D eigenvalue weighted by Gasteiger charge is 2.28. The quantitative estimate of drug-likeness (QED) is 0.257. The average molecular weight is 574 g/mol. The van der Waals surface area contributed by atoms with E-state index in [0.29, 0.717) is 51.3 Å². The van der Waals surface area contributed by atoms with Gasteiger partial charge in [0.2, 0.25) is 0 Å². The third-order valence-electron chi connectivity index (χ3n) is 7.51. The van der Waals surface area contributed by atoms with Crippen molar-refractivity contribution in [2.75, 3.05) is 13.1 Å². The summed E-state index contributed by atoms with van der Waals surface area (Å²) in [6, 6.07) is 20.4. The topological polar surface area (TPSA) is 74.2 Å². The van der Waals surface area contributed by atoms with Gasteiger partial charge in [-0.15, -0.1) is 11.3 Å². The molecule has 1 aliphatic heterocycles. The Bertz CT molecular complexity index is 1660. The molecule has 0 bridgehead atoms. The summed E-state index contributed by atoms with van der Waals surface area (Å²) in [6.45, 7) is 2.66. The molecule has 7 nitrogen and oxygen atoms in total. The highest BCUT2D eigenvalue weighted by molar-refractivity contribution is 7.09. The summed E-state index contributed by atoms with van der Waals surface area (Å²) in [7, 11) is 0. The molecule has 1 amide bonds. The SMILES string of the molecule is O=C(c1csc(CN(Cc2ccc(F)cc2)Cc2ccc(F)cc2)n1)N1CCC(n2c(=O)[nH]c3ccccc32)CC1. The lowest BCUT2D eigenvalue weighted by Gasteiger charge is -2.32. The van der Waals surface area contributed by atoms with Crippen LogP contribution in [-0.4, -0.2) is 43.3 Å². The van der Waals surface area contributed by atoms with Gasteiger partial charge in [-0.3, -0.25) is 14.3 Å². The van der Waals surface area contributed by atoms with Crippen LogP contribution < -0.4 is 5.69 Å². The van der Waals surface area contributed by atoms with Crippen LogP contribution in [0.4, 0.5) is 8.78 Å². The van der Waals surface area contributed by atoms with Crippen LogP contribution in [-0.2, 0) is 19.6 Å². The van der Waals surface area contributed by atoms with Crippen LogP contribution in [0.15, 0.2) is 83.0 Å². The predicted molar refractivity (Wildman–Crippen MR) is 155 cm³/mol. The Morgan fingerprint density at radius 2 is 1.51 bits per heavy atom. The second kappa shape index (κ2) is 11.8. The number of amides is 1. The van der Waals surface area contributed by atoms with E-state index in [1.807, 2.05) is 33.7 Å². The van der Waals surface area contributed by atoms with Crippen molar-refractivity contribution in [3.05, 3.63) is 122 Å². The number of aromatic amines is 1. The van der Waals surface area contributed by atoms with Crippen molar-refractivity contribution in [2.45, 2.75) is 38.5 Å². The average Bonchev–Trinajstić information content (AvgIpc) is 3.58. The number of aromatic nitrogens is 3. The van der Waals surface area contributed by atoms with Gasteiger partial charge in [-0.25, -0.2) is 18.6 Å². The van der Waals surface area contributed by atoms with Crippen LogP contribution in [0.3, 0.4) is 0 Å². The normalized spacial score (nSPS) is 14.3. The zero-order chi connectivity index (χ0) is 28.3. The van der Waals surface area contributed by atoms with Crippen molar-refractivity contribution in [1.82, 2.24) is 24.3 Å². The molecular weight excluding hydrogens is 544 g/mol. The van der Waals surface area contributed by atoms with E-state index in [9.17, 15) is 18.4 Å². The monoisotopic (exact) mass is 573 g/mol. The van der Waals surface area contributed by atoms with Gasteiger partial charge < -0.3 is 9.88 Å². The molecule has 10 heteroatoms. The lowest BCUT2D eigenvalue weighted by molar-refractivity contribution is 0.0689. The van der Waals surface area contributed by atoms with Gasteiger partial charge >= 0.3 is 5.69 Å². The summed E-state index contributed by atoms with van der Waals surface area (Å²) in [5.41, 5.74) is 3.88. The second-order valence-corrected chi connectivity index (χ2v) is 11.3. The molecule has 0 spiro atoms. The number of thiazole rings is 1. The Hall–Kier alpha value is -4.15. The van der Waals surface area contributed by atoms with E-state index in [4.69, 9.17) is 0 Å². The first-order valence-corrected chi connectivity index (χ1v) is 14.4. The van der Waals surface area contributed by atoms with E-state index in [0.717, 1.165) is 27.2 Å². The number of nitrogens with one attached hydrogen (secondary N) is 1. The maximum absolute atomic E-state index is 13.5. The first-order valence-electron chi connectivity index (χ1n) is 13.6. The van der Waals surface area contributed by atoms with E-state index in [-0.39, 0.29) is 29.3 Å². The van der Waals surface area contributed by atoms with Gasteiger partial charge in [-0.1, -0.05) is 36.4 Å². The molecule has 1 aliphatic rings. The van der Waals surface area contributed by atoms with E-state index in [1.54, 1.807) is 29.6 Å². The van der Waals surface area contributed by atoms with E-state index >= 15 is 0 Å². The predicted octanol–water partition coefficient (Wildman–Crippen LogP) is 5.74. The number of likely N-dealkylation sites (tertiary alicyclic amines) is 1. The summed E-state index contributed by atoms with van der Waals surface area (Å²) in [5.74, 6) is -0.695. The van der Waals surface area contributed by atoms with Crippen LogP contribution in [0.1, 0.15) is 45.5 Å². The molecule has 1 N–H and O–H groups in total. The summed E-state index contributed by atoms with van der Waals surface area (Å²) < 4.78 is 28.7. The fourth-order valence-corrected chi connectivity index (χ4v) is 6.27. The van der Waals surface area contributed by atoms with Gasteiger partial charge in [-0.2, -0.15) is 0 Å². The van der Waals surface area contributed by atoms with Crippen LogP contribution in [0.25, 0.3) is 11.0 Å². The van der Waals surface area contributed by atoms with Crippen molar-refractivity contribution in [3.63, 3.8) is 0 Å². The van der Waals surface area contributed by atoms with Crippen molar-refractivity contribution in [3.8, 4) is 0 Å². The highest BCUT2D eigenvalue weighted by atomic mass is 32.1. The van der Waals surface area contributed by atoms with E-state index < -0.39 is 0 Å². The van der Waals surface area contributed by atoms with Gasteiger partial charge in [0.15, 0.2) is 0 Å². The minimum absolute atomic E-state index is 0.0279. The Morgan fingerprint density at radius 3 is 2.15 bits per heavy atom. The summed E-state index contributed by atoms with van der Waals surface area (Å²) in [6.07, 6.45) is 1.38. The standard InChI is InChI=1S/C31H29F2N5O2S/c32-23-9-5-21(6-10-23)17-36(18-22-7-11-24(33)12-8-22)19-29-34-27(20-41-29)30(39)37-15-13-25(14-16-37)38-28-4-2-1-3-26(28)35-31(38)40/h1-12,20,25H,13-19H2,(H,35,40). The Morgan fingerprint density at radius 1 is 0.902 bits per heavy atom. The molecule has 41 heavy (non-hydrogen) atoms. The fourth-order valence-electron chi connectivity index (χ4n) is 5.46. The number of piperidine rings is 1. The minimum Gasteiger partial charge on any atom is -0.337 e. The van der Waals surface area contributed by atoms with E-state index in [2.05, 4.69) is 14.9 Å². The number of imidazole rings is 1. The highest BCUT2D eigenvalue weighted by Crippen LogP contribution is 2.26. The first-order chi connectivity index (χ1) is 19.9. The van der Waals surface area contributed by atoms with Crippen molar-refractivity contribution in [2.24, 2.45) is 0 Å². The summed E-state index contributed by atoms with van der Waals surface area (Å²) >= 11 is 1.43. The number of fused-ring (bicyclic) bond motifs is 1. The van der Waals surface area contributed by atoms with Crippen molar-refractivity contribution < 1.29 is 13.6 Å². The first kappa shape index (κ1) is 27.0. The second-order valence-electron chi connectivity index (χ2n) is 10.4. The summed E-state index contributed by atoms with van der Waals surface area (Å²) in [5, 5.41) is 2.58. The third kappa shape index (κ3) is 6.13. The largest absolute Gasteiger partial charge is 0.337 e. The maximum atomic E-state index is 13.5. The smallest absolute Gasteiger partial charge is 0.326 e. The maximum Gasteiger partial charge on any atom is 0.326 e. The number of para-hydroxylation sites is 2. The number of halogens is 2. The molecule has 0 atom stereocenters. The zero-order valence-electron chi connectivity index (χ0n) is 22.3. The Labute approximate surface area is 239 Å². The number of carbonyl (C=O) groups is 1. The van der Waals surface area contributed by atoms with Crippen LogP contribution >= 0.6 is 11.3 Å². The van der Waals surface area contributed by atoms with Gasteiger partial charge in [0.1, 0.15) is 22.3 Å². The molecule has 3 aromatic carbocycles. The molecule has 3 heterocycles. The summed E-state index contributed by atoms with van der Waals surface area (Å²) in [4.78, 5) is 37.5. The molecule has 5 aromatic rings. The lowest BCUT2D eigenvalue weighted by Crippen LogP contribution is -2.40. The van der Waals surface area contributed by atoms with Crippen molar-refractivity contribution in [1.29, 1.82) is 0 Å². The molecule has 0 radical (unpaired) electrons. The van der Waals surface area contributed by atoms with Crippen LogP contribution in [0, 0.1) is 11.6 Å². The van der Waals surface area contributed by atoms with Crippen LogP contribution in [0.2, 0.25) is 0 Å². The number of nitrogens with zero attached hydrogens (tertiary/aromatic N) is 4. The number of benzene rings is 3.